The molecule has 10 heteroatoms. The number of nitrogens with two attached hydrogens (primary N) is 1. The van der Waals surface area contributed by atoms with Crippen molar-refractivity contribution in [2.75, 3.05) is 10.6 Å². The van der Waals surface area contributed by atoms with Crippen molar-refractivity contribution in [2.45, 2.75) is 38.6 Å². The molecule has 1 fully saturated rings. The van der Waals surface area contributed by atoms with E-state index in [0.717, 1.165) is 59.7 Å². The predicted molar refractivity (Wildman–Crippen MR) is 125 cm³/mol. The molecule has 0 bridgehead atoms. The number of imidazole rings is 1. The lowest BCUT2D eigenvalue weighted by Crippen LogP contribution is -2.32. The first-order chi connectivity index (χ1) is 16.1. The molecule has 0 atom stereocenters. The molecule has 0 radical (unpaired) electrons. The Labute approximate surface area is 190 Å². The number of aryl methyl sites for hydroxylation is 1. The molecule has 0 unspecified atom stereocenters. The Bertz CT molecular complexity index is 1280. The van der Waals surface area contributed by atoms with Gasteiger partial charge in [0.15, 0.2) is 0 Å². The van der Waals surface area contributed by atoms with Gasteiger partial charge in [-0.25, -0.2) is 24.9 Å². The van der Waals surface area contributed by atoms with Crippen LogP contribution in [0.1, 0.15) is 31.2 Å². The minimum absolute atomic E-state index is 0.0269. The molecular formula is C23H25N9O. The number of carbonyl (C=O) groups is 1. The molecule has 0 spiro atoms. The summed E-state index contributed by atoms with van der Waals surface area (Å²) in [4.78, 5) is 33.3. The number of aromatic nitrogens is 6. The van der Waals surface area contributed by atoms with Crippen LogP contribution in [0.5, 0.6) is 0 Å². The highest BCUT2D eigenvalue weighted by molar-refractivity contribution is 5.76. The van der Waals surface area contributed by atoms with Crippen LogP contribution in [0.15, 0.2) is 49.4 Å². The molecule has 5 rings (SSSR count). The number of pyridine rings is 1. The van der Waals surface area contributed by atoms with Crippen molar-refractivity contribution in [3.8, 4) is 11.4 Å². The maximum atomic E-state index is 11.4. The topological polar surface area (TPSA) is 136 Å². The second-order valence-electron chi connectivity index (χ2n) is 8.36. The van der Waals surface area contributed by atoms with Crippen molar-refractivity contribution in [2.24, 2.45) is 11.7 Å². The van der Waals surface area contributed by atoms with E-state index in [4.69, 9.17) is 10.7 Å². The lowest BCUT2D eigenvalue weighted by Gasteiger charge is -2.27. The van der Waals surface area contributed by atoms with E-state index in [-0.39, 0.29) is 17.9 Å². The summed E-state index contributed by atoms with van der Waals surface area (Å²) in [6.45, 7) is 1.99. The summed E-state index contributed by atoms with van der Waals surface area (Å²) in [7, 11) is 0. The molecular weight excluding hydrogens is 418 g/mol. The van der Waals surface area contributed by atoms with E-state index in [9.17, 15) is 4.79 Å². The molecule has 4 aromatic rings. The van der Waals surface area contributed by atoms with Crippen molar-refractivity contribution in [3.05, 3.63) is 55.0 Å². The highest BCUT2D eigenvalue weighted by Gasteiger charge is 2.25. The zero-order valence-corrected chi connectivity index (χ0v) is 18.3. The van der Waals surface area contributed by atoms with Gasteiger partial charge >= 0.3 is 0 Å². The summed E-state index contributed by atoms with van der Waals surface area (Å²) in [5.41, 5.74) is 10.6. The highest BCUT2D eigenvalue weighted by Crippen LogP contribution is 2.28. The number of nitrogens with one attached hydrogen (secondary N) is 2. The first kappa shape index (κ1) is 20.8. The molecule has 1 aliphatic rings. The lowest BCUT2D eigenvalue weighted by atomic mass is 9.86. The van der Waals surface area contributed by atoms with Crippen LogP contribution in [0.4, 0.5) is 17.3 Å². The zero-order valence-electron chi connectivity index (χ0n) is 18.3. The summed E-state index contributed by atoms with van der Waals surface area (Å²) in [5.74, 6) is 0.341. The number of hydrogen-bond donors (Lipinski definition) is 3. The molecule has 168 valence electrons. The maximum Gasteiger partial charge on any atom is 0.223 e. The Morgan fingerprint density at radius 1 is 1.03 bits per heavy atom. The van der Waals surface area contributed by atoms with Crippen LogP contribution in [0.25, 0.3) is 17.0 Å². The van der Waals surface area contributed by atoms with Crippen LogP contribution in [0, 0.1) is 12.8 Å². The maximum absolute atomic E-state index is 11.4. The third-order valence-corrected chi connectivity index (χ3v) is 6.03. The molecule has 4 N–H and O–H groups in total. The number of nitrogens with zero attached hydrogens (tertiary/aromatic N) is 6. The largest absolute Gasteiger partial charge is 0.369 e. The monoisotopic (exact) mass is 443 g/mol. The van der Waals surface area contributed by atoms with Gasteiger partial charge in [-0.1, -0.05) is 0 Å². The third kappa shape index (κ3) is 4.45. The van der Waals surface area contributed by atoms with Gasteiger partial charge in [0.1, 0.15) is 12.0 Å². The van der Waals surface area contributed by atoms with Crippen molar-refractivity contribution in [1.29, 1.82) is 0 Å². The molecule has 33 heavy (non-hydrogen) atoms. The number of fused-ring (bicyclic) bond motifs is 1. The van der Waals surface area contributed by atoms with Crippen molar-refractivity contribution >= 4 is 28.9 Å². The fourth-order valence-electron chi connectivity index (χ4n) is 4.24. The molecule has 1 amide bonds. The third-order valence-electron chi connectivity index (χ3n) is 6.03. The van der Waals surface area contributed by atoms with Gasteiger partial charge in [-0.3, -0.25) is 9.20 Å². The van der Waals surface area contributed by atoms with Gasteiger partial charge in [0.05, 0.1) is 41.4 Å². The van der Waals surface area contributed by atoms with Gasteiger partial charge < -0.3 is 16.4 Å². The fourth-order valence-corrected chi connectivity index (χ4v) is 4.24. The number of primary amides is 1. The second kappa shape index (κ2) is 8.81. The van der Waals surface area contributed by atoms with Gasteiger partial charge in [0.25, 0.3) is 0 Å². The Hall–Kier alpha value is -4.08. The van der Waals surface area contributed by atoms with Gasteiger partial charge in [-0.2, -0.15) is 0 Å². The van der Waals surface area contributed by atoms with E-state index in [0.29, 0.717) is 5.95 Å². The Morgan fingerprint density at radius 2 is 1.82 bits per heavy atom. The van der Waals surface area contributed by atoms with Crippen LogP contribution in [0.2, 0.25) is 0 Å². The minimum atomic E-state index is -0.205. The first-order valence-electron chi connectivity index (χ1n) is 11.0. The van der Waals surface area contributed by atoms with Crippen LogP contribution in [-0.2, 0) is 4.79 Å². The summed E-state index contributed by atoms with van der Waals surface area (Å²) < 4.78 is 2.00. The van der Waals surface area contributed by atoms with E-state index < -0.39 is 0 Å². The molecule has 0 aromatic carbocycles. The Kier molecular flexibility index (Phi) is 5.55. The molecule has 4 aromatic heterocycles. The van der Waals surface area contributed by atoms with Crippen LogP contribution in [0.3, 0.4) is 0 Å². The summed E-state index contributed by atoms with van der Waals surface area (Å²) in [6, 6.07) is 4.13. The van der Waals surface area contributed by atoms with Gasteiger partial charge in [-0.05, 0) is 50.3 Å². The smallest absolute Gasteiger partial charge is 0.223 e. The average Bonchev–Trinajstić information content (AvgIpc) is 3.24. The van der Waals surface area contributed by atoms with E-state index in [1.165, 1.54) is 6.33 Å². The van der Waals surface area contributed by atoms with E-state index >= 15 is 0 Å². The molecule has 4 heterocycles. The summed E-state index contributed by atoms with van der Waals surface area (Å²) >= 11 is 0. The van der Waals surface area contributed by atoms with Crippen molar-refractivity contribution < 1.29 is 4.79 Å². The second-order valence-corrected chi connectivity index (χ2v) is 8.36. The number of hydrogen-bond acceptors (Lipinski definition) is 8. The molecule has 0 aliphatic heterocycles. The predicted octanol–water partition coefficient (Wildman–Crippen LogP) is 3.09. The van der Waals surface area contributed by atoms with Crippen LogP contribution in [-0.4, -0.2) is 41.3 Å². The molecule has 1 aliphatic carbocycles. The highest BCUT2D eigenvalue weighted by atomic mass is 16.1. The van der Waals surface area contributed by atoms with Gasteiger partial charge in [0.2, 0.25) is 11.9 Å². The average molecular weight is 444 g/mol. The molecule has 10 nitrogen and oxygen atoms in total. The lowest BCUT2D eigenvalue weighted by molar-refractivity contribution is -0.122. The first-order valence-corrected chi connectivity index (χ1v) is 11.0. The quantitative estimate of drug-likeness (QED) is 0.414. The number of anilines is 3. The minimum Gasteiger partial charge on any atom is -0.369 e. The summed E-state index contributed by atoms with van der Waals surface area (Å²) in [5, 5.41) is 6.74. The SMILES string of the molecule is Cc1cnc(N[C@H]2CC[C@H](C(N)=O)CC2)nc1-c1cnc2ccc(Nc3cncnc3)cn12. The molecule has 0 saturated heterocycles. The summed E-state index contributed by atoms with van der Waals surface area (Å²) in [6.07, 6.45) is 13.9. The van der Waals surface area contributed by atoms with Crippen molar-refractivity contribution in [3.63, 3.8) is 0 Å². The number of amides is 1. The van der Waals surface area contributed by atoms with E-state index in [1.807, 2.05) is 42.0 Å². The zero-order chi connectivity index (χ0) is 22.8. The van der Waals surface area contributed by atoms with E-state index in [1.54, 1.807) is 12.4 Å². The Morgan fingerprint density at radius 3 is 2.58 bits per heavy atom. The number of rotatable bonds is 6. The van der Waals surface area contributed by atoms with Crippen LogP contribution < -0.4 is 16.4 Å². The Balaban J connectivity index is 1.40. The fraction of sp³-hybridized carbons (Fsp3) is 0.304. The van der Waals surface area contributed by atoms with Crippen molar-refractivity contribution in [1.82, 2.24) is 29.3 Å². The van der Waals surface area contributed by atoms with Gasteiger partial charge in [-0.15, -0.1) is 0 Å². The van der Waals surface area contributed by atoms with Gasteiger partial charge in [0, 0.05) is 24.4 Å². The normalized spacial score (nSPS) is 18.2. The standard InChI is InChI=1S/C23H25N9O/c1-14-8-28-23(30-16-4-2-15(3-5-16)22(24)33)31-21(14)19-11-27-20-7-6-17(12-32(19)20)29-18-9-25-13-26-10-18/h6-13,15-16,29H,2-5H2,1H3,(H2,24,33)(H,28,30,31)/t15-,16-. The number of carbonyl (C=O) groups excluding carboxylic acids is 1. The van der Waals surface area contributed by atoms with Crippen LogP contribution >= 0.6 is 0 Å². The molecule has 1 saturated carbocycles. The van der Waals surface area contributed by atoms with E-state index in [2.05, 4.69) is 30.6 Å².